The molecule has 0 bridgehead atoms. The topological polar surface area (TPSA) is 67.9 Å². The minimum absolute atomic E-state index is 0.417. The van der Waals surface area contributed by atoms with E-state index in [-0.39, 0.29) is 0 Å². The van der Waals surface area contributed by atoms with Gasteiger partial charge in [0.15, 0.2) is 5.65 Å². The molecule has 0 aliphatic rings. The predicted molar refractivity (Wildman–Crippen MR) is 154 cm³/mol. The number of nitrogens with zero attached hydrogens (tertiary/aromatic N) is 4. The van der Waals surface area contributed by atoms with Gasteiger partial charge in [-0.3, -0.25) is 0 Å². The fourth-order valence-corrected chi connectivity index (χ4v) is 4.99. The van der Waals surface area contributed by atoms with Gasteiger partial charge in [0.1, 0.15) is 12.1 Å². The van der Waals surface area contributed by atoms with Crippen LogP contribution in [0.4, 0.5) is 11.5 Å². The smallest absolute Gasteiger partial charge is 0.165 e. The quantitative estimate of drug-likeness (QED) is 0.244. The molecule has 2 heterocycles. The van der Waals surface area contributed by atoms with E-state index < -0.39 is 0 Å². The van der Waals surface area contributed by atoms with Gasteiger partial charge in [-0.05, 0) is 47.4 Å². The maximum absolute atomic E-state index is 6.48. The Bertz CT molecular complexity index is 1530. The van der Waals surface area contributed by atoms with Gasteiger partial charge in [-0.25, -0.2) is 15.0 Å². The summed E-state index contributed by atoms with van der Waals surface area (Å²) in [4.78, 5) is 16.0. The third-order valence-corrected chi connectivity index (χ3v) is 6.86. The summed E-state index contributed by atoms with van der Waals surface area (Å²) in [5.41, 5.74) is 15.5. The molecule has 3 aromatic carbocycles. The third kappa shape index (κ3) is 4.56. The number of hydrogen-bond donors (Lipinski definition) is 1. The molecule has 5 aromatic rings. The van der Waals surface area contributed by atoms with Crippen LogP contribution in [0.5, 0.6) is 0 Å². The minimum Gasteiger partial charge on any atom is -0.383 e. The van der Waals surface area contributed by atoms with Gasteiger partial charge in [-0.2, -0.15) is 0 Å². The number of benzene rings is 3. The molecule has 0 aliphatic carbocycles. The molecule has 2 aromatic heterocycles. The largest absolute Gasteiger partial charge is 0.383 e. The zero-order valence-electron chi connectivity index (χ0n) is 20.7. The van der Waals surface area contributed by atoms with Crippen LogP contribution in [0.1, 0.15) is 18.9 Å². The van der Waals surface area contributed by atoms with E-state index in [9.17, 15) is 0 Å². The number of aryl methyl sites for hydroxylation is 1. The normalized spacial score (nSPS) is 11.1. The first kappa shape index (κ1) is 23.9. The molecule has 0 spiro atoms. The number of hydrogen-bond acceptors (Lipinski definition) is 5. The van der Waals surface area contributed by atoms with Gasteiger partial charge in [0.2, 0.25) is 0 Å². The van der Waals surface area contributed by atoms with Gasteiger partial charge in [0.05, 0.1) is 11.1 Å². The zero-order chi connectivity index (χ0) is 25.2. The molecule has 0 saturated heterocycles. The molecule has 0 unspecified atom stereocenters. The van der Waals surface area contributed by atoms with Gasteiger partial charge >= 0.3 is 0 Å². The summed E-state index contributed by atoms with van der Waals surface area (Å²) in [6, 6.07) is 25.5. The van der Waals surface area contributed by atoms with Crippen molar-refractivity contribution in [3.05, 3.63) is 89.2 Å². The van der Waals surface area contributed by atoms with Crippen LogP contribution in [0.25, 0.3) is 44.5 Å². The lowest BCUT2D eigenvalue weighted by molar-refractivity contribution is 0.922. The van der Waals surface area contributed by atoms with Crippen molar-refractivity contribution >= 4 is 38.5 Å². The van der Waals surface area contributed by atoms with Crippen molar-refractivity contribution in [1.82, 2.24) is 15.0 Å². The lowest BCUT2D eigenvalue weighted by atomic mass is 9.88. The van der Waals surface area contributed by atoms with E-state index in [1.54, 1.807) is 0 Å². The van der Waals surface area contributed by atoms with Crippen molar-refractivity contribution in [3.63, 3.8) is 0 Å². The van der Waals surface area contributed by atoms with Crippen molar-refractivity contribution < 1.29 is 0 Å². The second-order valence-corrected chi connectivity index (χ2v) is 9.98. The number of halogens is 1. The molecule has 5 nitrogen and oxygen atoms in total. The highest BCUT2D eigenvalue weighted by molar-refractivity contribution is 9.10. The van der Waals surface area contributed by atoms with E-state index in [1.807, 2.05) is 26.2 Å². The van der Waals surface area contributed by atoms with E-state index in [2.05, 4.69) is 98.4 Å². The van der Waals surface area contributed by atoms with E-state index >= 15 is 0 Å². The Morgan fingerprint density at radius 3 is 2.22 bits per heavy atom. The summed E-state index contributed by atoms with van der Waals surface area (Å²) in [6.45, 7) is 2.20. The summed E-state index contributed by atoms with van der Waals surface area (Å²) in [5, 5.41) is 0.761. The lowest BCUT2D eigenvalue weighted by Crippen LogP contribution is -2.08. The SMILES string of the molecule is CCCc1ccc(-c2c(-c3ccc(N(C)C)cc3)nc3ncnc(N)c3c2-c2cccc(Br)c2)cc1. The summed E-state index contributed by atoms with van der Waals surface area (Å²) < 4.78 is 0.988. The number of anilines is 2. The summed E-state index contributed by atoms with van der Waals surface area (Å²) >= 11 is 3.65. The lowest BCUT2D eigenvalue weighted by Gasteiger charge is -2.19. The molecule has 180 valence electrons. The maximum atomic E-state index is 6.48. The highest BCUT2D eigenvalue weighted by Gasteiger charge is 2.22. The number of pyridine rings is 1. The van der Waals surface area contributed by atoms with Gasteiger partial charge in [-0.1, -0.05) is 77.8 Å². The van der Waals surface area contributed by atoms with Gasteiger partial charge in [0, 0.05) is 40.9 Å². The van der Waals surface area contributed by atoms with Crippen molar-refractivity contribution in [1.29, 1.82) is 0 Å². The van der Waals surface area contributed by atoms with E-state index in [1.165, 1.54) is 11.9 Å². The Morgan fingerprint density at radius 1 is 0.833 bits per heavy atom. The average molecular weight is 538 g/mol. The zero-order valence-corrected chi connectivity index (χ0v) is 22.2. The van der Waals surface area contributed by atoms with Gasteiger partial charge in [-0.15, -0.1) is 0 Å². The number of nitrogen functional groups attached to an aromatic ring is 1. The second-order valence-electron chi connectivity index (χ2n) is 9.07. The molecule has 6 heteroatoms. The van der Waals surface area contributed by atoms with Crippen LogP contribution in [-0.4, -0.2) is 29.0 Å². The minimum atomic E-state index is 0.417. The molecular formula is C30H28BrN5. The molecule has 36 heavy (non-hydrogen) atoms. The first-order valence-corrected chi connectivity index (χ1v) is 12.8. The Hall–Kier alpha value is -3.77. The molecule has 0 saturated carbocycles. The van der Waals surface area contributed by atoms with E-state index in [4.69, 9.17) is 10.7 Å². The van der Waals surface area contributed by atoms with Crippen LogP contribution < -0.4 is 10.6 Å². The molecule has 0 aliphatic heterocycles. The third-order valence-electron chi connectivity index (χ3n) is 6.36. The monoisotopic (exact) mass is 537 g/mol. The molecule has 5 rings (SSSR count). The molecular weight excluding hydrogens is 510 g/mol. The maximum Gasteiger partial charge on any atom is 0.165 e. The van der Waals surface area contributed by atoms with E-state index in [0.717, 1.165) is 61.9 Å². The summed E-state index contributed by atoms with van der Waals surface area (Å²) in [5.74, 6) is 0.417. The number of nitrogens with two attached hydrogens (primary N) is 1. The van der Waals surface area contributed by atoms with Crippen LogP contribution in [0.15, 0.2) is 83.6 Å². The van der Waals surface area contributed by atoms with Crippen LogP contribution in [0.3, 0.4) is 0 Å². The molecule has 2 N–H and O–H groups in total. The Kier molecular flexibility index (Phi) is 6.70. The molecule has 0 atom stereocenters. The average Bonchev–Trinajstić information content (AvgIpc) is 2.88. The van der Waals surface area contributed by atoms with Crippen molar-refractivity contribution in [3.8, 4) is 33.5 Å². The van der Waals surface area contributed by atoms with Crippen LogP contribution >= 0.6 is 15.9 Å². The Morgan fingerprint density at radius 2 is 1.56 bits per heavy atom. The number of rotatable bonds is 6. The summed E-state index contributed by atoms with van der Waals surface area (Å²) in [6.07, 6.45) is 3.64. The van der Waals surface area contributed by atoms with Crippen molar-refractivity contribution in [2.45, 2.75) is 19.8 Å². The standard InChI is InChI=1S/C30H28BrN5/c1-4-6-19-9-11-20(12-10-19)26-25(22-7-5-8-23(31)17-22)27-29(32)33-18-34-30(27)35-28(26)21-13-15-24(16-14-21)36(2)3/h5,7-18H,4,6H2,1-3H3,(H2,32,33,34,35). The second kappa shape index (κ2) is 10.1. The van der Waals surface area contributed by atoms with Crippen molar-refractivity contribution in [2.75, 3.05) is 24.7 Å². The molecule has 0 amide bonds. The number of aromatic nitrogens is 3. The van der Waals surface area contributed by atoms with Gasteiger partial charge in [0.25, 0.3) is 0 Å². The van der Waals surface area contributed by atoms with Crippen molar-refractivity contribution in [2.24, 2.45) is 0 Å². The Labute approximate surface area is 220 Å². The van der Waals surface area contributed by atoms with Crippen LogP contribution in [0, 0.1) is 0 Å². The number of fused-ring (bicyclic) bond motifs is 1. The fraction of sp³-hybridized carbons (Fsp3) is 0.167. The van der Waals surface area contributed by atoms with Crippen LogP contribution in [0.2, 0.25) is 0 Å². The molecule has 0 radical (unpaired) electrons. The molecule has 0 fully saturated rings. The van der Waals surface area contributed by atoms with Crippen LogP contribution in [-0.2, 0) is 6.42 Å². The Balaban J connectivity index is 1.89. The van der Waals surface area contributed by atoms with Gasteiger partial charge < -0.3 is 10.6 Å². The van der Waals surface area contributed by atoms with E-state index in [0.29, 0.717) is 11.5 Å². The summed E-state index contributed by atoms with van der Waals surface area (Å²) in [7, 11) is 4.08. The highest BCUT2D eigenvalue weighted by atomic mass is 79.9. The first-order chi connectivity index (χ1) is 17.5. The fourth-order valence-electron chi connectivity index (χ4n) is 4.59. The first-order valence-electron chi connectivity index (χ1n) is 12.0. The highest BCUT2D eigenvalue weighted by Crippen LogP contribution is 2.44. The predicted octanol–water partition coefficient (Wildman–Crippen LogP) is 7.39.